The first kappa shape index (κ1) is 16.2. The van der Waals surface area contributed by atoms with E-state index in [0.717, 1.165) is 0 Å². The molecule has 0 saturated heterocycles. The molecule has 0 fully saturated rings. The predicted octanol–water partition coefficient (Wildman–Crippen LogP) is 1.20. The Kier molecular flexibility index (Phi) is 5.40. The second-order valence-corrected chi connectivity index (χ2v) is 4.39. The number of benzene rings is 1. The lowest BCUT2D eigenvalue weighted by molar-refractivity contribution is -0.123. The summed E-state index contributed by atoms with van der Waals surface area (Å²) in [5, 5.41) is 2.13. The number of carbonyl (C=O) groups excluding carboxylic acids is 3. The predicted molar refractivity (Wildman–Crippen MR) is 80.0 cm³/mol. The van der Waals surface area contributed by atoms with E-state index in [1.807, 2.05) is 0 Å². The monoisotopic (exact) mass is 314 g/mol. The number of imide groups is 1. The van der Waals surface area contributed by atoms with Gasteiger partial charge in [0.05, 0.1) is 18.2 Å². The van der Waals surface area contributed by atoms with Crippen LogP contribution in [0, 0.1) is 0 Å². The van der Waals surface area contributed by atoms with Gasteiger partial charge in [-0.1, -0.05) is 12.1 Å². The van der Waals surface area contributed by atoms with E-state index in [-0.39, 0.29) is 11.1 Å². The molecule has 2 rings (SSSR count). The third kappa shape index (κ3) is 4.37. The number of hydrogen-bond acceptors (Lipinski definition) is 6. The molecule has 2 aromatic rings. The van der Waals surface area contributed by atoms with Crippen LogP contribution in [0.5, 0.6) is 5.75 Å². The Hall–Kier alpha value is -3.22. The fourth-order valence-electron chi connectivity index (χ4n) is 1.76. The highest BCUT2D eigenvalue weighted by Gasteiger charge is 2.16. The molecule has 0 bridgehead atoms. The topological polar surface area (TPSA) is 94.6 Å². The molecule has 0 aliphatic carbocycles. The molecule has 0 aliphatic heterocycles. The normalized spacial score (nSPS) is 9.78. The van der Waals surface area contributed by atoms with E-state index in [0.29, 0.717) is 5.75 Å². The highest BCUT2D eigenvalue weighted by atomic mass is 16.5. The molecule has 0 spiro atoms. The maximum atomic E-state index is 12.0. The summed E-state index contributed by atoms with van der Waals surface area (Å²) in [5.41, 5.74) is 0.479. The Morgan fingerprint density at radius 3 is 2.48 bits per heavy atom. The van der Waals surface area contributed by atoms with Crippen LogP contribution >= 0.6 is 0 Å². The molecule has 1 aromatic heterocycles. The first-order valence-electron chi connectivity index (χ1n) is 6.66. The van der Waals surface area contributed by atoms with Crippen LogP contribution in [-0.2, 0) is 9.53 Å². The number of ether oxygens (including phenoxy) is 2. The molecule has 1 N–H and O–H groups in total. The Labute approximate surface area is 132 Å². The lowest BCUT2D eigenvalue weighted by Crippen LogP contribution is -2.34. The van der Waals surface area contributed by atoms with Crippen molar-refractivity contribution in [3.63, 3.8) is 0 Å². The van der Waals surface area contributed by atoms with Gasteiger partial charge in [0, 0.05) is 12.4 Å². The standard InChI is InChI=1S/C16H14N2O5/c1-22-13-5-3-2-4-12(13)15(20)18-14(19)10-23-16(21)11-6-8-17-9-7-11/h2-9H,10H2,1H3,(H,18,19,20). The number of nitrogens with zero attached hydrogens (tertiary/aromatic N) is 1. The highest BCUT2D eigenvalue weighted by molar-refractivity contribution is 6.06. The van der Waals surface area contributed by atoms with Crippen LogP contribution in [0.4, 0.5) is 0 Å². The summed E-state index contributed by atoms with van der Waals surface area (Å²) in [7, 11) is 1.42. The van der Waals surface area contributed by atoms with Gasteiger partial charge in [-0.25, -0.2) is 4.79 Å². The zero-order valence-corrected chi connectivity index (χ0v) is 12.3. The number of para-hydroxylation sites is 1. The molecule has 0 unspecified atom stereocenters. The zero-order chi connectivity index (χ0) is 16.7. The van der Waals surface area contributed by atoms with Crippen molar-refractivity contribution in [1.82, 2.24) is 10.3 Å². The van der Waals surface area contributed by atoms with E-state index in [1.54, 1.807) is 18.2 Å². The molecule has 7 heteroatoms. The molecule has 7 nitrogen and oxygen atoms in total. The van der Waals surface area contributed by atoms with Gasteiger partial charge in [-0.05, 0) is 24.3 Å². The summed E-state index contributed by atoms with van der Waals surface area (Å²) in [6.07, 6.45) is 2.86. The summed E-state index contributed by atoms with van der Waals surface area (Å²) in [5.74, 6) is -1.70. The van der Waals surface area contributed by atoms with Crippen LogP contribution in [0.3, 0.4) is 0 Å². The minimum absolute atomic E-state index is 0.212. The molecular formula is C16H14N2O5. The maximum Gasteiger partial charge on any atom is 0.338 e. The average Bonchev–Trinajstić information content (AvgIpc) is 2.60. The van der Waals surface area contributed by atoms with Gasteiger partial charge in [-0.3, -0.25) is 19.9 Å². The fourth-order valence-corrected chi connectivity index (χ4v) is 1.76. The molecule has 0 radical (unpaired) electrons. The molecule has 1 heterocycles. The number of amides is 2. The summed E-state index contributed by atoms with van der Waals surface area (Å²) >= 11 is 0. The van der Waals surface area contributed by atoms with Gasteiger partial charge in [0.1, 0.15) is 5.75 Å². The smallest absolute Gasteiger partial charge is 0.338 e. The number of pyridine rings is 1. The van der Waals surface area contributed by atoms with Crippen molar-refractivity contribution in [1.29, 1.82) is 0 Å². The number of methoxy groups -OCH3 is 1. The van der Waals surface area contributed by atoms with Gasteiger partial charge in [0.2, 0.25) is 0 Å². The van der Waals surface area contributed by atoms with Gasteiger partial charge in [0.25, 0.3) is 11.8 Å². The number of esters is 1. The Bertz CT molecular complexity index is 715. The van der Waals surface area contributed by atoms with Crippen molar-refractivity contribution in [3.05, 3.63) is 59.9 Å². The van der Waals surface area contributed by atoms with E-state index in [9.17, 15) is 14.4 Å². The molecule has 1 aromatic carbocycles. The molecular weight excluding hydrogens is 300 g/mol. The summed E-state index contributed by atoms with van der Waals surface area (Å²) in [4.78, 5) is 39.1. The van der Waals surface area contributed by atoms with Crippen LogP contribution in [0.1, 0.15) is 20.7 Å². The van der Waals surface area contributed by atoms with Crippen LogP contribution in [0.25, 0.3) is 0 Å². The minimum Gasteiger partial charge on any atom is -0.496 e. The number of aromatic nitrogens is 1. The van der Waals surface area contributed by atoms with Gasteiger partial charge >= 0.3 is 5.97 Å². The Balaban J connectivity index is 1.90. The SMILES string of the molecule is COc1ccccc1C(=O)NC(=O)COC(=O)c1ccncc1. The fraction of sp³-hybridized carbons (Fsp3) is 0.125. The van der Waals surface area contributed by atoms with E-state index < -0.39 is 24.4 Å². The maximum absolute atomic E-state index is 12.0. The van der Waals surface area contributed by atoms with Gasteiger partial charge in [-0.2, -0.15) is 0 Å². The van der Waals surface area contributed by atoms with Gasteiger partial charge < -0.3 is 9.47 Å². The first-order valence-corrected chi connectivity index (χ1v) is 6.66. The van der Waals surface area contributed by atoms with E-state index in [1.165, 1.54) is 37.7 Å². The van der Waals surface area contributed by atoms with Crippen LogP contribution in [-0.4, -0.2) is 36.5 Å². The highest BCUT2D eigenvalue weighted by Crippen LogP contribution is 2.16. The minimum atomic E-state index is -0.733. The molecule has 0 aliphatic rings. The van der Waals surface area contributed by atoms with Gasteiger partial charge in [0.15, 0.2) is 6.61 Å². The zero-order valence-electron chi connectivity index (χ0n) is 12.3. The number of nitrogens with one attached hydrogen (secondary N) is 1. The molecule has 2 amide bonds. The largest absolute Gasteiger partial charge is 0.496 e. The van der Waals surface area contributed by atoms with Gasteiger partial charge in [-0.15, -0.1) is 0 Å². The third-order valence-corrected chi connectivity index (χ3v) is 2.85. The Morgan fingerprint density at radius 2 is 1.78 bits per heavy atom. The van der Waals surface area contributed by atoms with Crippen LogP contribution < -0.4 is 10.1 Å². The molecule has 23 heavy (non-hydrogen) atoms. The van der Waals surface area contributed by atoms with Crippen molar-refractivity contribution in [3.8, 4) is 5.75 Å². The van der Waals surface area contributed by atoms with Crippen molar-refractivity contribution in [2.75, 3.05) is 13.7 Å². The van der Waals surface area contributed by atoms with E-state index >= 15 is 0 Å². The lowest BCUT2D eigenvalue weighted by atomic mass is 10.2. The Morgan fingerprint density at radius 1 is 1.09 bits per heavy atom. The number of rotatable bonds is 5. The van der Waals surface area contributed by atoms with Crippen molar-refractivity contribution in [2.45, 2.75) is 0 Å². The quantitative estimate of drug-likeness (QED) is 0.833. The van der Waals surface area contributed by atoms with Crippen molar-refractivity contribution >= 4 is 17.8 Å². The second-order valence-electron chi connectivity index (χ2n) is 4.39. The summed E-state index contributed by atoms with van der Waals surface area (Å²) in [6, 6.07) is 9.38. The first-order chi connectivity index (χ1) is 11.1. The molecule has 118 valence electrons. The summed E-state index contributed by atoms with van der Waals surface area (Å²) < 4.78 is 9.86. The second kappa shape index (κ2) is 7.69. The van der Waals surface area contributed by atoms with Crippen LogP contribution in [0.2, 0.25) is 0 Å². The lowest BCUT2D eigenvalue weighted by Gasteiger charge is -2.08. The van der Waals surface area contributed by atoms with Crippen molar-refractivity contribution < 1.29 is 23.9 Å². The van der Waals surface area contributed by atoms with E-state index in [2.05, 4.69) is 10.3 Å². The number of hydrogen-bond donors (Lipinski definition) is 1. The number of carbonyl (C=O) groups is 3. The van der Waals surface area contributed by atoms with E-state index in [4.69, 9.17) is 9.47 Å². The van der Waals surface area contributed by atoms with Crippen LogP contribution in [0.15, 0.2) is 48.8 Å². The third-order valence-electron chi connectivity index (χ3n) is 2.85. The van der Waals surface area contributed by atoms with Crippen molar-refractivity contribution in [2.24, 2.45) is 0 Å². The molecule has 0 atom stereocenters. The molecule has 0 saturated carbocycles. The summed E-state index contributed by atoms with van der Waals surface area (Å²) in [6.45, 7) is -0.567. The average molecular weight is 314 g/mol.